The molecule has 0 spiro atoms. The molecule has 1 aliphatic rings. The Bertz CT molecular complexity index is 1440. The molecular formula is C27H22Cl2FNO5. The Labute approximate surface area is 217 Å². The molecule has 1 saturated heterocycles. The van der Waals surface area contributed by atoms with E-state index in [1.165, 1.54) is 43.4 Å². The van der Waals surface area contributed by atoms with Crippen molar-refractivity contribution in [2.45, 2.75) is 19.9 Å². The zero-order valence-electron chi connectivity index (χ0n) is 19.9. The molecule has 3 aromatic carbocycles. The number of aryl methyl sites for hydroxylation is 2. The molecule has 6 nitrogen and oxygen atoms in total. The van der Waals surface area contributed by atoms with Crippen molar-refractivity contribution in [3.05, 3.63) is 92.2 Å². The van der Waals surface area contributed by atoms with Crippen molar-refractivity contribution < 1.29 is 28.6 Å². The monoisotopic (exact) mass is 529 g/mol. The Morgan fingerprint density at radius 2 is 1.64 bits per heavy atom. The van der Waals surface area contributed by atoms with E-state index in [4.69, 9.17) is 32.7 Å². The van der Waals surface area contributed by atoms with Gasteiger partial charge >= 0.3 is 0 Å². The normalized spacial score (nSPS) is 17.0. The van der Waals surface area contributed by atoms with Gasteiger partial charge in [0.2, 0.25) is 0 Å². The first-order valence-electron chi connectivity index (χ1n) is 10.8. The van der Waals surface area contributed by atoms with Crippen LogP contribution >= 0.6 is 23.2 Å². The predicted octanol–water partition coefficient (Wildman–Crippen LogP) is 6.39. The maximum absolute atomic E-state index is 15.1. The van der Waals surface area contributed by atoms with Gasteiger partial charge in [-0.15, -0.1) is 0 Å². The first-order valence-corrected chi connectivity index (χ1v) is 11.6. The fourth-order valence-electron chi connectivity index (χ4n) is 4.26. The highest BCUT2D eigenvalue weighted by Crippen LogP contribution is 2.48. The quantitative estimate of drug-likeness (QED) is 0.235. The van der Waals surface area contributed by atoms with Crippen molar-refractivity contribution in [1.29, 1.82) is 0 Å². The van der Waals surface area contributed by atoms with Crippen molar-refractivity contribution in [3.63, 3.8) is 0 Å². The van der Waals surface area contributed by atoms with E-state index in [1.54, 1.807) is 24.3 Å². The lowest BCUT2D eigenvalue weighted by atomic mass is 9.94. The minimum absolute atomic E-state index is 0.0277. The number of aliphatic hydroxyl groups is 1. The van der Waals surface area contributed by atoms with E-state index in [9.17, 15) is 14.7 Å². The van der Waals surface area contributed by atoms with Gasteiger partial charge in [0.25, 0.3) is 11.7 Å². The van der Waals surface area contributed by atoms with Crippen LogP contribution in [0.1, 0.15) is 28.3 Å². The van der Waals surface area contributed by atoms with Gasteiger partial charge in [0.15, 0.2) is 11.5 Å². The van der Waals surface area contributed by atoms with Gasteiger partial charge in [0.05, 0.1) is 36.4 Å². The third-order valence-electron chi connectivity index (χ3n) is 6.21. The maximum Gasteiger partial charge on any atom is 0.300 e. The van der Waals surface area contributed by atoms with Crippen molar-refractivity contribution in [2.75, 3.05) is 19.1 Å². The van der Waals surface area contributed by atoms with Crippen LogP contribution in [0.15, 0.2) is 54.1 Å². The number of carbonyl (C=O) groups is 2. The van der Waals surface area contributed by atoms with Gasteiger partial charge in [-0.1, -0.05) is 47.5 Å². The molecule has 1 N–H and O–H groups in total. The first-order chi connectivity index (χ1) is 17.1. The molecule has 186 valence electrons. The molecule has 1 atom stereocenters. The number of amides is 1. The largest absolute Gasteiger partial charge is 0.507 e. The number of methoxy groups -OCH3 is 2. The highest BCUT2D eigenvalue weighted by atomic mass is 35.5. The summed E-state index contributed by atoms with van der Waals surface area (Å²) in [4.78, 5) is 27.9. The number of nitrogens with zero attached hydrogens (tertiary/aromatic N) is 1. The summed E-state index contributed by atoms with van der Waals surface area (Å²) in [5, 5.41) is 11.4. The number of anilines is 1. The van der Waals surface area contributed by atoms with Gasteiger partial charge in [-0.25, -0.2) is 4.39 Å². The summed E-state index contributed by atoms with van der Waals surface area (Å²) in [6.45, 7) is 3.77. The minimum atomic E-state index is -1.27. The summed E-state index contributed by atoms with van der Waals surface area (Å²) in [5.74, 6) is -3.10. The Hall–Kier alpha value is -3.55. The molecule has 0 radical (unpaired) electrons. The number of rotatable bonds is 5. The Kier molecular flexibility index (Phi) is 6.98. The average Bonchev–Trinajstić information content (AvgIpc) is 3.11. The van der Waals surface area contributed by atoms with Crippen LogP contribution < -0.4 is 14.4 Å². The Morgan fingerprint density at radius 3 is 2.25 bits per heavy atom. The van der Waals surface area contributed by atoms with E-state index in [2.05, 4.69) is 0 Å². The fourth-order valence-corrected chi connectivity index (χ4v) is 4.94. The number of benzene rings is 3. The maximum atomic E-state index is 15.1. The van der Waals surface area contributed by atoms with Crippen LogP contribution in [0.4, 0.5) is 10.1 Å². The third kappa shape index (κ3) is 4.08. The van der Waals surface area contributed by atoms with E-state index < -0.39 is 29.3 Å². The number of aliphatic hydroxyl groups excluding tert-OH is 1. The highest BCUT2D eigenvalue weighted by molar-refractivity contribution is 6.52. The van der Waals surface area contributed by atoms with Gasteiger partial charge in [0, 0.05) is 11.3 Å². The second kappa shape index (κ2) is 9.84. The first kappa shape index (κ1) is 25.5. The molecule has 0 aliphatic carbocycles. The lowest BCUT2D eigenvalue weighted by Gasteiger charge is -2.26. The molecule has 1 unspecified atom stereocenters. The third-order valence-corrected chi connectivity index (χ3v) is 6.83. The number of ketones is 1. The molecule has 0 saturated carbocycles. The molecule has 1 fully saturated rings. The number of carbonyl (C=O) groups excluding carboxylic acids is 2. The van der Waals surface area contributed by atoms with Crippen LogP contribution in [0, 0.1) is 19.7 Å². The van der Waals surface area contributed by atoms with Crippen LogP contribution in [-0.2, 0) is 9.59 Å². The molecular weight excluding hydrogens is 508 g/mol. The summed E-state index contributed by atoms with van der Waals surface area (Å²) in [5.41, 5.74) is 1.88. The molecule has 4 rings (SSSR count). The highest BCUT2D eigenvalue weighted by Gasteiger charge is 2.48. The van der Waals surface area contributed by atoms with Crippen molar-refractivity contribution in [1.82, 2.24) is 0 Å². The zero-order chi connectivity index (χ0) is 26.3. The molecule has 36 heavy (non-hydrogen) atoms. The number of halogens is 3. The molecule has 3 aromatic rings. The summed E-state index contributed by atoms with van der Waals surface area (Å²) in [6, 6.07) is 11.0. The van der Waals surface area contributed by atoms with Gasteiger partial charge in [-0.3, -0.25) is 14.5 Å². The van der Waals surface area contributed by atoms with Crippen LogP contribution in [0.5, 0.6) is 11.5 Å². The van der Waals surface area contributed by atoms with Crippen LogP contribution in [0.3, 0.4) is 0 Å². The number of ether oxygens (including phenoxy) is 2. The summed E-state index contributed by atoms with van der Waals surface area (Å²) >= 11 is 12.7. The summed E-state index contributed by atoms with van der Waals surface area (Å²) in [7, 11) is 2.67. The van der Waals surface area contributed by atoms with Crippen LogP contribution in [-0.4, -0.2) is 31.0 Å². The van der Waals surface area contributed by atoms with E-state index in [0.29, 0.717) is 5.69 Å². The molecule has 1 amide bonds. The van der Waals surface area contributed by atoms with Crippen LogP contribution in [0.25, 0.3) is 5.76 Å². The topological polar surface area (TPSA) is 76.1 Å². The fraction of sp³-hybridized carbons (Fsp3) is 0.185. The standard InChI is InChI=1S/C27H22Cl2FNO5/c1-13-9-10-15(11-14(13)2)31-22(16-7-5-6-8-19(16)30)20(24(33)27(31)34)23(32)17-12-18(28)26(36-4)21(29)25(17)35-3/h5-12,22,32H,1-4H3/b23-20+. The van der Waals surface area contributed by atoms with E-state index in [1.807, 2.05) is 13.8 Å². The van der Waals surface area contributed by atoms with Crippen molar-refractivity contribution >= 4 is 46.3 Å². The van der Waals surface area contributed by atoms with Crippen LogP contribution in [0.2, 0.25) is 10.0 Å². The lowest BCUT2D eigenvalue weighted by Crippen LogP contribution is -2.30. The van der Waals surface area contributed by atoms with Crippen molar-refractivity contribution in [3.8, 4) is 11.5 Å². The summed E-state index contributed by atoms with van der Waals surface area (Å²) in [6.07, 6.45) is 0. The minimum Gasteiger partial charge on any atom is -0.507 e. The molecule has 0 aromatic heterocycles. The van der Waals surface area contributed by atoms with Gasteiger partial charge in [-0.05, 0) is 49.2 Å². The number of hydrogen-bond acceptors (Lipinski definition) is 5. The van der Waals surface area contributed by atoms with E-state index >= 15 is 4.39 Å². The SMILES string of the molecule is COc1c(Cl)cc(/C(O)=C2\C(=O)C(=O)N(c3ccc(C)c(C)c3)C2c2ccccc2F)c(OC)c1Cl. The van der Waals surface area contributed by atoms with Gasteiger partial charge in [0.1, 0.15) is 16.6 Å². The molecule has 0 bridgehead atoms. The predicted molar refractivity (Wildman–Crippen MR) is 137 cm³/mol. The second-order valence-electron chi connectivity index (χ2n) is 8.25. The Balaban J connectivity index is 2.04. The number of hydrogen-bond donors (Lipinski definition) is 1. The second-order valence-corrected chi connectivity index (χ2v) is 9.03. The summed E-state index contributed by atoms with van der Waals surface area (Å²) < 4.78 is 25.7. The van der Waals surface area contributed by atoms with Gasteiger partial charge in [-0.2, -0.15) is 0 Å². The molecule has 9 heteroatoms. The lowest BCUT2D eigenvalue weighted by molar-refractivity contribution is -0.132. The number of Topliss-reactive ketones (excluding diaryl/α,β-unsaturated/α-hetero) is 1. The van der Waals surface area contributed by atoms with E-state index in [0.717, 1.165) is 11.1 Å². The zero-order valence-corrected chi connectivity index (χ0v) is 21.4. The Morgan fingerprint density at radius 1 is 0.972 bits per heavy atom. The van der Waals surface area contributed by atoms with Crippen molar-refractivity contribution in [2.24, 2.45) is 0 Å². The molecule has 1 aliphatic heterocycles. The van der Waals surface area contributed by atoms with Gasteiger partial charge < -0.3 is 14.6 Å². The van der Waals surface area contributed by atoms with E-state index in [-0.39, 0.29) is 38.2 Å². The average molecular weight is 530 g/mol. The smallest absolute Gasteiger partial charge is 0.300 e. The molecule has 1 heterocycles.